The molecule has 3 rings (SSSR count). The van der Waals surface area contributed by atoms with Crippen molar-refractivity contribution in [2.75, 3.05) is 26.2 Å². The van der Waals surface area contributed by atoms with E-state index in [1.165, 1.54) is 5.56 Å². The van der Waals surface area contributed by atoms with Crippen LogP contribution in [0.3, 0.4) is 0 Å². The number of likely N-dealkylation sites (tertiary alicyclic amines) is 1. The highest BCUT2D eigenvalue weighted by molar-refractivity contribution is 5.85. The van der Waals surface area contributed by atoms with Crippen LogP contribution in [0.25, 0.3) is 5.69 Å². The fraction of sp³-hybridized carbons (Fsp3) is 0.474. The number of piperidine rings is 1. The Morgan fingerprint density at radius 3 is 2.58 bits per heavy atom. The number of carboxylic acids is 1. The van der Waals surface area contributed by atoms with E-state index in [-0.39, 0.29) is 19.0 Å². The molecule has 0 unspecified atom stereocenters. The van der Waals surface area contributed by atoms with Crippen LogP contribution < -0.4 is 0 Å². The molecule has 1 N–H and O–H groups in total. The summed E-state index contributed by atoms with van der Waals surface area (Å²) < 4.78 is 1.91. The fourth-order valence-electron chi connectivity index (χ4n) is 3.54. The van der Waals surface area contributed by atoms with Gasteiger partial charge in [-0.05, 0) is 44.6 Å². The van der Waals surface area contributed by atoms with Crippen molar-refractivity contribution in [1.29, 1.82) is 0 Å². The Bertz CT molecular complexity index is 684. The van der Waals surface area contributed by atoms with Gasteiger partial charge in [0, 0.05) is 24.3 Å². The number of rotatable bonds is 7. The van der Waals surface area contributed by atoms with E-state index in [2.05, 4.69) is 21.1 Å². The van der Waals surface area contributed by atoms with Crippen molar-refractivity contribution < 1.29 is 9.90 Å². The van der Waals surface area contributed by atoms with Gasteiger partial charge in [0.15, 0.2) is 0 Å². The maximum atomic E-state index is 11.0. The Kier molecular flexibility index (Phi) is 7.63. The average Bonchev–Trinajstić information content (AvgIpc) is 3.09. The van der Waals surface area contributed by atoms with Crippen LogP contribution in [0.5, 0.6) is 0 Å². The number of carbonyl (C=O) groups is 1. The molecule has 0 saturated carbocycles. The third kappa shape index (κ3) is 5.30. The lowest BCUT2D eigenvalue weighted by atomic mass is 10.0. The average molecular weight is 379 g/mol. The van der Waals surface area contributed by atoms with E-state index in [0.717, 1.165) is 44.7 Å². The van der Waals surface area contributed by atoms with Gasteiger partial charge in [0.05, 0.1) is 18.4 Å². The minimum absolute atomic E-state index is 0. The molecule has 6 nitrogen and oxygen atoms in total. The van der Waals surface area contributed by atoms with Gasteiger partial charge < -0.3 is 5.11 Å². The molecule has 0 aliphatic carbocycles. The Morgan fingerprint density at radius 1 is 1.27 bits per heavy atom. The monoisotopic (exact) mass is 378 g/mol. The van der Waals surface area contributed by atoms with Crippen LogP contribution in [-0.4, -0.2) is 62.9 Å². The summed E-state index contributed by atoms with van der Waals surface area (Å²) in [5.74, 6) is -0.738. The molecule has 0 radical (unpaired) electrons. The molecule has 0 bridgehead atoms. The molecule has 0 atom stereocenters. The SMILES string of the molecule is CCN(CC(=O)O)C1CCN(Cc2cnn(-c3ccccc3)c2)CC1.Cl. The van der Waals surface area contributed by atoms with Gasteiger partial charge in [0.25, 0.3) is 0 Å². The number of para-hydroxylation sites is 1. The van der Waals surface area contributed by atoms with Crippen LogP contribution in [0.2, 0.25) is 0 Å². The van der Waals surface area contributed by atoms with Crippen molar-refractivity contribution in [3.63, 3.8) is 0 Å². The Hall–Kier alpha value is -1.89. The first-order valence-electron chi connectivity index (χ1n) is 8.93. The number of aliphatic carboxylic acids is 1. The van der Waals surface area contributed by atoms with Crippen molar-refractivity contribution in [2.24, 2.45) is 0 Å². The molecule has 2 aromatic rings. The minimum Gasteiger partial charge on any atom is -0.480 e. The fourth-order valence-corrected chi connectivity index (χ4v) is 3.54. The summed E-state index contributed by atoms with van der Waals surface area (Å²) in [4.78, 5) is 15.5. The summed E-state index contributed by atoms with van der Waals surface area (Å²) in [5, 5.41) is 13.5. The minimum atomic E-state index is -0.738. The van der Waals surface area contributed by atoms with Crippen LogP contribution in [-0.2, 0) is 11.3 Å². The molecule has 7 heteroatoms. The van der Waals surface area contributed by atoms with E-state index in [4.69, 9.17) is 5.11 Å². The number of carboxylic acid groups (broad SMARTS) is 1. The Balaban J connectivity index is 0.00000243. The number of nitrogens with zero attached hydrogens (tertiary/aromatic N) is 4. The summed E-state index contributed by atoms with van der Waals surface area (Å²) in [7, 11) is 0. The van der Waals surface area contributed by atoms with Crippen LogP contribution in [0.4, 0.5) is 0 Å². The number of likely N-dealkylation sites (N-methyl/N-ethyl adjacent to an activating group) is 1. The maximum absolute atomic E-state index is 11.0. The van der Waals surface area contributed by atoms with Crippen molar-refractivity contribution in [3.8, 4) is 5.69 Å². The Morgan fingerprint density at radius 2 is 1.96 bits per heavy atom. The molecule has 1 fully saturated rings. The summed E-state index contributed by atoms with van der Waals surface area (Å²) in [5.41, 5.74) is 2.28. The maximum Gasteiger partial charge on any atom is 0.317 e. The topological polar surface area (TPSA) is 61.6 Å². The predicted octanol–water partition coefficient (Wildman–Crippen LogP) is 2.67. The highest BCUT2D eigenvalue weighted by Gasteiger charge is 2.25. The van der Waals surface area contributed by atoms with Crippen molar-refractivity contribution in [3.05, 3.63) is 48.3 Å². The molecular weight excluding hydrogens is 352 g/mol. The zero-order chi connectivity index (χ0) is 17.6. The predicted molar refractivity (Wildman–Crippen MR) is 104 cm³/mol. The molecule has 1 aromatic carbocycles. The lowest BCUT2D eigenvalue weighted by Gasteiger charge is -2.37. The van der Waals surface area contributed by atoms with Crippen molar-refractivity contribution in [2.45, 2.75) is 32.4 Å². The molecule has 1 aliphatic rings. The highest BCUT2D eigenvalue weighted by atomic mass is 35.5. The second-order valence-electron chi connectivity index (χ2n) is 6.59. The van der Waals surface area contributed by atoms with Gasteiger partial charge in [-0.25, -0.2) is 4.68 Å². The standard InChI is InChI=1S/C19H26N4O2.ClH/c1-2-22(15-19(24)25)17-8-10-21(11-9-17)13-16-12-20-23(14-16)18-6-4-3-5-7-18;/h3-7,12,14,17H,2,8-11,13,15H2,1H3,(H,24,25);1H. The Labute approximate surface area is 160 Å². The summed E-state index contributed by atoms with van der Waals surface area (Å²) >= 11 is 0. The number of hydrogen-bond donors (Lipinski definition) is 1. The van der Waals surface area contributed by atoms with E-state index in [1.54, 1.807) is 0 Å². The van der Waals surface area contributed by atoms with Gasteiger partial charge in [-0.1, -0.05) is 25.1 Å². The first-order valence-corrected chi connectivity index (χ1v) is 8.93. The van der Waals surface area contributed by atoms with E-state index in [0.29, 0.717) is 6.04 Å². The molecule has 1 saturated heterocycles. The number of hydrogen-bond acceptors (Lipinski definition) is 4. The van der Waals surface area contributed by atoms with Crippen LogP contribution in [0.15, 0.2) is 42.7 Å². The van der Waals surface area contributed by atoms with E-state index in [9.17, 15) is 4.79 Å². The smallest absolute Gasteiger partial charge is 0.317 e. The first-order chi connectivity index (χ1) is 12.2. The summed E-state index contributed by atoms with van der Waals surface area (Å²) in [6.45, 7) is 5.86. The van der Waals surface area contributed by atoms with Gasteiger partial charge in [0.2, 0.25) is 0 Å². The molecule has 2 heterocycles. The summed E-state index contributed by atoms with van der Waals surface area (Å²) in [6, 6.07) is 10.5. The quantitative estimate of drug-likeness (QED) is 0.802. The van der Waals surface area contributed by atoms with E-state index in [1.807, 2.05) is 48.1 Å². The second-order valence-corrected chi connectivity index (χ2v) is 6.59. The van der Waals surface area contributed by atoms with E-state index >= 15 is 0 Å². The largest absolute Gasteiger partial charge is 0.480 e. The molecular formula is C19H27ClN4O2. The molecule has 26 heavy (non-hydrogen) atoms. The van der Waals surface area contributed by atoms with Gasteiger partial charge in [-0.3, -0.25) is 14.6 Å². The first kappa shape index (κ1) is 20.4. The van der Waals surface area contributed by atoms with Crippen molar-refractivity contribution in [1.82, 2.24) is 19.6 Å². The third-order valence-electron chi connectivity index (χ3n) is 4.88. The third-order valence-corrected chi connectivity index (χ3v) is 4.88. The lowest BCUT2D eigenvalue weighted by Crippen LogP contribution is -2.46. The number of benzene rings is 1. The van der Waals surface area contributed by atoms with Crippen LogP contribution in [0.1, 0.15) is 25.3 Å². The van der Waals surface area contributed by atoms with Gasteiger partial charge in [-0.2, -0.15) is 5.10 Å². The van der Waals surface area contributed by atoms with Gasteiger partial charge in [0.1, 0.15) is 0 Å². The lowest BCUT2D eigenvalue weighted by molar-refractivity contribution is -0.139. The number of aromatic nitrogens is 2. The van der Waals surface area contributed by atoms with Crippen LogP contribution >= 0.6 is 12.4 Å². The van der Waals surface area contributed by atoms with Gasteiger partial charge >= 0.3 is 5.97 Å². The molecule has 1 aromatic heterocycles. The normalized spacial score (nSPS) is 15.8. The number of halogens is 1. The van der Waals surface area contributed by atoms with E-state index < -0.39 is 5.97 Å². The molecule has 0 spiro atoms. The van der Waals surface area contributed by atoms with Crippen molar-refractivity contribution >= 4 is 18.4 Å². The zero-order valence-corrected chi connectivity index (χ0v) is 15.9. The second kappa shape index (κ2) is 9.71. The molecule has 0 amide bonds. The highest BCUT2D eigenvalue weighted by Crippen LogP contribution is 2.18. The molecule has 1 aliphatic heterocycles. The summed E-state index contributed by atoms with van der Waals surface area (Å²) in [6.07, 6.45) is 6.06. The molecule has 142 valence electrons. The van der Waals surface area contributed by atoms with Crippen LogP contribution in [0, 0.1) is 0 Å². The zero-order valence-electron chi connectivity index (χ0n) is 15.1. The van der Waals surface area contributed by atoms with Gasteiger partial charge in [-0.15, -0.1) is 12.4 Å².